The van der Waals surface area contributed by atoms with E-state index in [1.54, 1.807) is 24.3 Å². The molecule has 1 aliphatic carbocycles. The molecule has 3 rings (SSSR count). The maximum Gasteiger partial charge on any atom is 0.329 e. The second-order valence-corrected chi connectivity index (χ2v) is 9.09. The Hall–Kier alpha value is -2.77. The summed E-state index contributed by atoms with van der Waals surface area (Å²) in [6.07, 6.45) is 3.97. The standard InChI is InChI=1S/C26H32ClNO6/c1-2-18-8-11-26(12-9-18,25(31)32)28-24(30)20-6-7-22(34-15-13-29)23(17-20)33-14-10-19-4-3-5-21(27)16-19/h3-7,16-18,29H,2,8-15H2,1H3,(H,28,30)(H,31,32)/t18-,26+. The van der Waals surface area contributed by atoms with Crippen LogP contribution in [0.25, 0.3) is 0 Å². The second kappa shape index (κ2) is 12.1. The molecule has 184 valence electrons. The van der Waals surface area contributed by atoms with Crippen LogP contribution in [-0.4, -0.2) is 47.4 Å². The van der Waals surface area contributed by atoms with E-state index in [9.17, 15) is 14.7 Å². The van der Waals surface area contributed by atoms with Crippen LogP contribution in [0.4, 0.5) is 0 Å². The lowest BCUT2D eigenvalue weighted by atomic mass is 9.75. The first-order chi connectivity index (χ1) is 16.4. The molecular formula is C26H32ClNO6. The topological polar surface area (TPSA) is 105 Å². The van der Waals surface area contributed by atoms with Crippen molar-refractivity contribution in [3.63, 3.8) is 0 Å². The minimum Gasteiger partial charge on any atom is -0.489 e. The Bertz CT molecular complexity index is 987. The zero-order valence-corrected chi connectivity index (χ0v) is 20.1. The first-order valence-corrected chi connectivity index (χ1v) is 12.1. The minimum atomic E-state index is -1.26. The molecule has 34 heavy (non-hydrogen) atoms. The summed E-state index contributed by atoms with van der Waals surface area (Å²) in [6, 6.07) is 12.2. The summed E-state index contributed by atoms with van der Waals surface area (Å²) in [5.74, 6) is -0.232. The molecule has 1 amide bonds. The molecule has 1 fully saturated rings. The van der Waals surface area contributed by atoms with E-state index in [4.69, 9.17) is 26.2 Å². The van der Waals surface area contributed by atoms with Gasteiger partial charge in [0.2, 0.25) is 0 Å². The quantitative estimate of drug-likeness (QED) is 0.429. The maximum atomic E-state index is 13.1. The molecule has 0 atom stereocenters. The van der Waals surface area contributed by atoms with Gasteiger partial charge in [-0.3, -0.25) is 4.79 Å². The molecule has 2 aromatic carbocycles. The van der Waals surface area contributed by atoms with Crippen molar-refractivity contribution in [1.82, 2.24) is 5.32 Å². The van der Waals surface area contributed by atoms with Gasteiger partial charge in [-0.2, -0.15) is 0 Å². The first kappa shape index (κ1) is 25.8. The normalized spacial score (nSPS) is 19.9. The molecule has 2 aromatic rings. The molecule has 1 aliphatic rings. The van der Waals surface area contributed by atoms with E-state index >= 15 is 0 Å². The third-order valence-electron chi connectivity index (χ3n) is 6.39. The highest BCUT2D eigenvalue weighted by Crippen LogP contribution is 2.35. The van der Waals surface area contributed by atoms with Gasteiger partial charge < -0.3 is 25.0 Å². The third kappa shape index (κ3) is 6.64. The molecule has 0 unspecified atom stereocenters. The predicted molar refractivity (Wildman–Crippen MR) is 130 cm³/mol. The fourth-order valence-electron chi connectivity index (χ4n) is 4.27. The smallest absolute Gasteiger partial charge is 0.329 e. The summed E-state index contributed by atoms with van der Waals surface area (Å²) in [5, 5.41) is 22.4. The number of nitrogens with one attached hydrogen (secondary N) is 1. The summed E-state index contributed by atoms with van der Waals surface area (Å²) in [7, 11) is 0. The summed E-state index contributed by atoms with van der Waals surface area (Å²) in [5.41, 5.74) is 0.0280. The number of ether oxygens (including phenoxy) is 2. The number of benzene rings is 2. The van der Waals surface area contributed by atoms with Gasteiger partial charge in [-0.15, -0.1) is 0 Å². The van der Waals surface area contributed by atoms with Crippen LogP contribution in [0, 0.1) is 5.92 Å². The highest BCUT2D eigenvalue weighted by Gasteiger charge is 2.43. The molecule has 0 heterocycles. The van der Waals surface area contributed by atoms with Crippen LogP contribution in [0.15, 0.2) is 42.5 Å². The number of rotatable bonds is 11. The van der Waals surface area contributed by atoms with Gasteiger partial charge in [0.25, 0.3) is 5.91 Å². The van der Waals surface area contributed by atoms with Gasteiger partial charge in [0.15, 0.2) is 11.5 Å². The highest BCUT2D eigenvalue weighted by atomic mass is 35.5. The SMILES string of the molecule is CC[C@H]1CC[C@](NC(=O)c2ccc(OCCO)c(OCCc3cccc(Cl)c3)c2)(C(=O)O)CC1. The van der Waals surface area contributed by atoms with E-state index in [-0.39, 0.29) is 18.8 Å². The zero-order chi connectivity index (χ0) is 24.6. The van der Waals surface area contributed by atoms with Gasteiger partial charge in [-0.05, 0) is 67.5 Å². The lowest BCUT2D eigenvalue weighted by Gasteiger charge is -2.37. The molecule has 0 saturated heterocycles. The number of aliphatic carboxylic acids is 1. The molecule has 0 spiro atoms. The Balaban J connectivity index is 1.74. The number of amides is 1. The van der Waals surface area contributed by atoms with Crippen LogP contribution in [0.1, 0.15) is 54.9 Å². The summed E-state index contributed by atoms with van der Waals surface area (Å²) in [6.45, 7) is 2.34. The van der Waals surface area contributed by atoms with Gasteiger partial charge in [-0.25, -0.2) is 4.79 Å². The lowest BCUT2D eigenvalue weighted by Crippen LogP contribution is -2.56. The van der Waals surface area contributed by atoms with E-state index in [0.717, 1.165) is 24.8 Å². The van der Waals surface area contributed by atoms with E-state index in [2.05, 4.69) is 12.2 Å². The molecule has 1 saturated carbocycles. The van der Waals surface area contributed by atoms with Gasteiger partial charge in [0.05, 0.1) is 13.2 Å². The maximum absolute atomic E-state index is 13.1. The number of hydrogen-bond acceptors (Lipinski definition) is 5. The molecule has 0 aliphatic heterocycles. The third-order valence-corrected chi connectivity index (χ3v) is 6.63. The second-order valence-electron chi connectivity index (χ2n) is 8.65. The Kier molecular flexibility index (Phi) is 9.19. The zero-order valence-electron chi connectivity index (χ0n) is 19.4. The van der Waals surface area contributed by atoms with Crippen molar-refractivity contribution in [2.75, 3.05) is 19.8 Å². The highest BCUT2D eigenvalue weighted by molar-refractivity contribution is 6.30. The van der Waals surface area contributed by atoms with Crippen LogP contribution in [-0.2, 0) is 11.2 Å². The van der Waals surface area contributed by atoms with Crippen molar-refractivity contribution in [2.24, 2.45) is 5.92 Å². The van der Waals surface area contributed by atoms with Crippen molar-refractivity contribution in [3.8, 4) is 11.5 Å². The summed E-state index contributed by atoms with van der Waals surface area (Å²) >= 11 is 6.04. The fraction of sp³-hybridized carbons (Fsp3) is 0.462. The number of carboxylic acids is 1. The number of aliphatic hydroxyl groups excluding tert-OH is 1. The molecule has 0 aromatic heterocycles. The minimum absolute atomic E-state index is 0.0803. The number of halogens is 1. The van der Waals surface area contributed by atoms with E-state index < -0.39 is 17.4 Å². The van der Waals surface area contributed by atoms with E-state index in [1.165, 1.54) is 0 Å². The average Bonchev–Trinajstić information content (AvgIpc) is 2.83. The van der Waals surface area contributed by atoms with E-state index in [1.807, 2.05) is 18.2 Å². The molecule has 8 heteroatoms. The van der Waals surface area contributed by atoms with Crippen molar-refractivity contribution in [3.05, 3.63) is 58.6 Å². The van der Waals surface area contributed by atoms with Crippen LogP contribution >= 0.6 is 11.6 Å². The first-order valence-electron chi connectivity index (χ1n) is 11.7. The Morgan fingerprint density at radius 3 is 2.47 bits per heavy atom. The van der Waals surface area contributed by atoms with Crippen LogP contribution in [0.2, 0.25) is 5.02 Å². The Labute approximate surface area is 205 Å². The number of hydrogen-bond donors (Lipinski definition) is 3. The number of aliphatic hydroxyl groups is 1. The molecule has 0 radical (unpaired) electrons. The largest absolute Gasteiger partial charge is 0.489 e. The lowest BCUT2D eigenvalue weighted by molar-refractivity contribution is -0.146. The van der Waals surface area contributed by atoms with Crippen molar-refractivity contribution in [1.29, 1.82) is 0 Å². The van der Waals surface area contributed by atoms with Crippen molar-refractivity contribution >= 4 is 23.5 Å². The summed E-state index contributed by atoms with van der Waals surface area (Å²) < 4.78 is 11.5. The Morgan fingerprint density at radius 2 is 1.82 bits per heavy atom. The van der Waals surface area contributed by atoms with Crippen LogP contribution < -0.4 is 14.8 Å². The molecular weight excluding hydrogens is 458 g/mol. The van der Waals surface area contributed by atoms with Crippen LogP contribution in [0.5, 0.6) is 11.5 Å². The van der Waals surface area contributed by atoms with Crippen LogP contribution in [0.3, 0.4) is 0 Å². The fourth-order valence-corrected chi connectivity index (χ4v) is 4.48. The van der Waals surface area contributed by atoms with Gasteiger partial charge >= 0.3 is 5.97 Å². The van der Waals surface area contributed by atoms with Crippen molar-refractivity contribution in [2.45, 2.75) is 51.0 Å². The molecule has 7 nitrogen and oxygen atoms in total. The molecule has 0 bridgehead atoms. The van der Waals surface area contributed by atoms with Gasteiger partial charge in [0.1, 0.15) is 12.1 Å². The number of carbonyl (C=O) groups is 2. The average molecular weight is 490 g/mol. The Morgan fingerprint density at radius 1 is 1.09 bits per heavy atom. The number of carbonyl (C=O) groups excluding carboxylic acids is 1. The number of carboxylic acid groups (broad SMARTS) is 1. The van der Waals surface area contributed by atoms with Gasteiger partial charge in [0, 0.05) is 17.0 Å². The van der Waals surface area contributed by atoms with Gasteiger partial charge in [-0.1, -0.05) is 37.1 Å². The monoisotopic (exact) mass is 489 g/mol. The van der Waals surface area contributed by atoms with E-state index in [0.29, 0.717) is 48.3 Å². The van der Waals surface area contributed by atoms with Crippen molar-refractivity contribution < 1.29 is 29.3 Å². The predicted octanol–water partition coefficient (Wildman–Crippen LogP) is 4.49. The summed E-state index contributed by atoms with van der Waals surface area (Å²) in [4.78, 5) is 25.1. The molecule has 3 N–H and O–H groups in total.